The van der Waals surface area contributed by atoms with Crippen molar-refractivity contribution in [2.75, 3.05) is 12.4 Å². The topological polar surface area (TPSA) is 73.1 Å². The highest BCUT2D eigenvalue weighted by Gasteiger charge is 2.08. The number of thioether (sulfide) groups is 1. The Morgan fingerprint density at radius 1 is 1.27 bits per heavy atom. The van der Waals surface area contributed by atoms with Crippen molar-refractivity contribution in [1.29, 1.82) is 0 Å². The van der Waals surface area contributed by atoms with E-state index in [9.17, 15) is 0 Å². The summed E-state index contributed by atoms with van der Waals surface area (Å²) in [7, 11) is 1.64. The zero-order chi connectivity index (χ0) is 15.4. The fourth-order valence-electron chi connectivity index (χ4n) is 1.71. The molecule has 0 bridgehead atoms. The van der Waals surface area contributed by atoms with Crippen molar-refractivity contribution in [3.63, 3.8) is 0 Å². The van der Waals surface area contributed by atoms with Crippen LogP contribution >= 0.6 is 23.1 Å². The van der Waals surface area contributed by atoms with Crippen LogP contribution in [0.3, 0.4) is 0 Å². The molecular weight excluding hydrogens is 320 g/mol. The molecule has 0 fully saturated rings. The maximum Gasteiger partial charge on any atom is 0.210 e. The molecule has 0 unspecified atom stereocenters. The summed E-state index contributed by atoms with van der Waals surface area (Å²) in [5.74, 6) is 2.97. The van der Waals surface area contributed by atoms with Gasteiger partial charge >= 0.3 is 0 Å². The predicted octanol–water partition coefficient (Wildman–Crippen LogP) is 3.88. The summed E-state index contributed by atoms with van der Waals surface area (Å²) in [5.41, 5.74) is 0.942. The van der Waals surface area contributed by atoms with Crippen LogP contribution in [0.1, 0.15) is 11.7 Å². The molecule has 114 valence electrons. The minimum Gasteiger partial charge on any atom is -0.497 e. The predicted molar refractivity (Wildman–Crippen MR) is 87.0 cm³/mol. The average Bonchev–Trinajstić information content (AvgIpc) is 3.15. The maximum absolute atomic E-state index is 5.43. The van der Waals surface area contributed by atoms with Crippen LogP contribution in [-0.2, 0) is 5.75 Å². The van der Waals surface area contributed by atoms with E-state index in [1.54, 1.807) is 25.1 Å². The van der Waals surface area contributed by atoms with Gasteiger partial charge in [0.15, 0.2) is 4.34 Å². The van der Waals surface area contributed by atoms with E-state index >= 15 is 0 Å². The lowest BCUT2D eigenvalue weighted by atomic mass is 10.3. The molecule has 1 aromatic carbocycles. The van der Waals surface area contributed by atoms with E-state index in [0.717, 1.165) is 26.7 Å². The molecule has 0 atom stereocenters. The molecule has 2 aromatic heterocycles. The van der Waals surface area contributed by atoms with E-state index in [0.29, 0.717) is 11.6 Å². The van der Waals surface area contributed by atoms with Crippen LogP contribution in [0, 0.1) is 6.92 Å². The van der Waals surface area contributed by atoms with Gasteiger partial charge in [-0.05, 0) is 31.2 Å². The molecule has 2 heterocycles. The number of nitrogens with one attached hydrogen (secondary N) is 1. The third-order valence-corrected chi connectivity index (χ3v) is 4.69. The molecule has 0 amide bonds. The SMILES string of the molecule is COc1ccc(Nc2nnc(SCc3ncc(C)o3)s2)cc1. The second-order valence-electron chi connectivity index (χ2n) is 4.38. The van der Waals surface area contributed by atoms with Crippen molar-refractivity contribution in [3.8, 4) is 5.75 Å². The molecule has 0 saturated carbocycles. The van der Waals surface area contributed by atoms with Crippen LogP contribution in [0.4, 0.5) is 10.8 Å². The van der Waals surface area contributed by atoms with Crippen LogP contribution in [0.5, 0.6) is 5.75 Å². The Morgan fingerprint density at radius 2 is 2.09 bits per heavy atom. The number of benzene rings is 1. The number of methoxy groups -OCH3 is 1. The largest absolute Gasteiger partial charge is 0.497 e. The first-order valence-electron chi connectivity index (χ1n) is 6.51. The zero-order valence-electron chi connectivity index (χ0n) is 12.1. The van der Waals surface area contributed by atoms with E-state index in [2.05, 4.69) is 20.5 Å². The fraction of sp³-hybridized carbons (Fsp3) is 0.214. The Labute approximate surface area is 135 Å². The van der Waals surface area contributed by atoms with Gasteiger partial charge in [-0.2, -0.15) is 0 Å². The summed E-state index contributed by atoms with van der Waals surface area (Å²) >= 11 is 3.05. The lowest BCUT2D eigenvalue weighted by molar-refractivity contribution is 0.415. The van der Waals surface area contributed by atoms with Crippen LogP contribution < -0.4 is 10.1 Å². The van der Waals surface area contributed by atoms with Crippen LogP contribution in [0.2, 0.25) is 0 Å². The van der Waals surface area contributed by atoms with E-state index in [1.165, 1.54) is 11.3 Å². The molecule has 0 spiro atoms. The first-order chi connectivity index (χ1) is 10.7. The second-order valence-corrected chi connectivity index (χ2v) is 6.58. The molecule has 3 aromatic rings. The summed E-state index contributed by atoms with van der Waals surface area (Å²) in [6.45, 7) is 1.88. The van der Waals surface area contributed by atoms with Gasteiger partial charge in [-0.25, -0.2) is 4.98 Å². The van der Waals surface area contributed by atoms with E-state index < -0.39 is 0 Å². The van der Waals surface area contributed by atoms with E-state index in [1.807, 2.05) is 31.2 Å². The van der Waals surface area contributed by atoms with Gasteiger partial charge < -0.3 is 14.5 Å². The van der Waals surface area contributed by atoms with Gasteiger partial charge in [0.1, 0.15) is 11.5 Å². The first kappa shape index (κ1) is 14.9. The van der Waals surface area contributed by atoms with Crippen LogP contribution in [0.15, 0.2) is 39.2 Å². The summed E-state index contributed by atoms with van der Waals surface area (Å²) in [5, 5.41) is 12.2. The Kier molecular flexibility index (Phi) is 4.59. The van der Waals surface area contributed by atoms with Crippen LogP contribution in [0.25, 0.3) is 0 Å². The molecule has 0 saturated heterocycles. The van der Waals surface area contributed by atoms with Gasteiger partial charge in [0.25, 0.3) is 0 Å². The molecule has 6 nitrogen and oxygen atoms in total. The minimum atomic E-state index is 0.644. The highest BCUT2D eigenvalue weighted by Crippen LogP contribution is 2.30. The molecular formula is C14H14N4O2S2. The fourth-order valence-corrected chi connectivity index (χ4v) is 3.33. The Morgan fingerprint density at radius 3 is 2.77 bits per heavy atom. The zero-order valence-corrected chi connectivity index (χ0v) is 13.7. The number of ether oxygens (including phenoxy) is 1. The monoisotopic (exact) mass is 334 g/mol. The Bertz CT molecular complexity index is 739. The second kappa shape index (κ2) is 6.80. The molecule has 1 N–H and O–H groups in total. The average molecular weight is 334 g/mol. The standard InChI is InChI=1S/C14H14N4O2S2/c1-9-7-15-12(20-9)8-21-14-18-17-13(22-14)16-10-3-5-11(19-2)6-4-10/h3-7H,8H2,1-2H3,(H,16,17). The number of hydrogen-bond donors (Lipinski definition) is 1. The number of aryl methyl sites for hydroxylation is 1. The highest BCUT2D eigenvalue weighted by atomic mass is 32.2. The highest BCUT2D eigenvalue weighted by molar-refractivity contribution is 8.00. The molecule has 0 radical (unpaired) electrons. The smallest absolute Gasteiger partial charge is 0.210 e. The van der Waals surface area contributed by atoms with E-state index in [4.69, 9.17) is 9.15 Å². The number of aromatic nitrogens is 3. The normalized spacial score (nSPS) is 10.6. The molecule has 0 aliphatic rings. The number of hydrogen-bond acceptors (Lipinski definition) is 8. The van der Waals surface area contributed by atoms with Crippen molar-refractivity contribution < 1.29 is 9.15 Å². The lowest BCUT2D eigenvalue weighted by Crippen LogP contribution is -1.89. The van der Waals surface area contributed by atoms with Gasteiger partial charge in [-0.3, -0.25) is 0 Å². The van der Waals surface area contributed by atoms with Gasteiger partial charge in [0, 0.05) is 5.69 Å². The molecule has 3 rings (SSSR count). The molecule has 0 aliphatic carbocycles. The van der Waals surface area contributed by atoms with Crippen molar-refractivity contribution in [2.45, 2.75) is 17.0 Å². The number of nitrogens with zero attached hydrogens (tertiary/aromatic N) is 3. The Balaban J connectivity index is 1.58. The van der Waals surface area contributed by atoms with Crippen LogP contribution in [-0.4, -0.2) is 22.3 Å². The summed E-state index contributed by atoms with van der Waals surface area (Å²) in [6, 6.07) is 7.65. The number of anilines is 2. The minimum absolute atomic E-state index is 0.644. The van der Waals surface area contributed by atoms with E-state index in [-0.39, 0.29) is 0 Å². The van der Waals surface area contributed by atoms with Gasteiger partial charge in [-0.15, -0.1) is 10.2 Å². The van der Waals surface area contributed by atoms with Gasteiger partial charge in [0.05, 0.1) is 19.1 Å². The summed E-state index contributed by atoms with van der Waals surface area (Å²) < 4.78 is 11.4. The van der Waals surface area contributed by atoms with Crippen molar-refractivity contribution in [3.05, 3.63) is 42.1 Å². The summed E-state index contributed by atoms with van der Waals surface area (Å²) in [6.07, 6.45) is 1.71. The van der Waals surface area contributed by atoms with Crippen molar-refractivity contribution in [1.82, 2.24) is 15.2 Å². The molecule has 0 aliphatic heterocycles. The van der Waals surface area contributed by atoms with Gasteiger partial charge in [-0.1, -0.05) is 23.1 Å². The third kappa shape index (κ3) is 3.77. The number of oxazole rings is 1. The van der Waals surface area contributed by atoms with Crippen molar-refractivity contribution >= 4 is 33.9 Å². The summed E-state index contributed by atoms with van der Waals surface area (Å²) in [4.78, 5) is 4.16. The van der Waals surface area contributed by atoms with Gasteiger partial charge in [0.2, 0.25) is 11.0 Å². The quantitative estimate of drug-likeness (QED) is 0.686. The molecule has 22 heavy (non-hydrogen) atoms. The number of rotatable bonds is 6. The molecule has 8 heteroatoms. The first-order valence-corrected chi connectivity index (χ1v) is 8.32. The third-order valence-electron chi connectivity index (χ3n) is 2.74. The Hall–Kier alpha value is -2.06. The van der Waals surface area contributed by atoms with Crippen molar-refractivity contribution in [2.24, 2.45) is 0 Å². The maximum atomic E-state index is 5.43. The lowest BCUT2D eigenvalue weighted by Gasteiger charge is -2.03.